The Morgan fingerprint density at radius 1 is 1.32 bits per heavy atom. The Bertz CT molecular complexity index is 689. The summed E-state index contributed by atoms with van der Waals surface area (Å²) in [6.07, 6.45) is 1.92. The number of aromatic hydroxyl groups is 1. The molecular formula is C16H22FN5O2S. The Morgan fingerprint density at radius 2 is 2.08 bits per heavy atom. The molecule has 4 rings (SSSR count). The standard InChI is InChI=1S/C16H22FN5O2S/c1-9-12(17)13(23)20-15(19-9)22-6-11-7-25-14(18)21-16(11,8-22)10-2-4-24-5-3-10/h10-11H,2-8H2,1H3,(H2,18,21)(H,19,20,23)/t11-,16+/m0/s1. The van der Waals surface area contributed by atoms with Crippen molar-refractivity contribution in [2.45, 2.75) is 25.3 Å². The van der Waals surface area contributed by atoms with Crippen molar-refractivity contribution in [1.82, 2.24) is 9.97 Å². The fourth-order valence-electron chi connectivity index (χ4n) is 4.25. The molecule has 0 amide bonds. The monoisotopic (exact) mass is 367 g/mol. The predicted octanol–water partition coefficient (Wildman–Crippen LogP) is 1.29. The summed E-state index contributed by atoms with van der Waals surface area (Å²) < 4.78 is 19.2. The lowest BCUT2D eigenvalue weighted by molar-refractivity contribution is 0.0351. The van der Waals surface area contributed by atoms with Crippen LogP contribution < -0.4 is 10.6 Å². The van der Waals surface area contributed by atoms with Crippen LogP contribution in [0.1, 0.15) is 18.5 Å². The van der Waals surface area contributed by atoms with Crippen molar-refractivity contribution in [2.75, 3.05) is 37.0 Å². The van der Waals surface area contributed by atoms with Crippen molar-refractivity contribution < 1.29 is 14.2 Å². The van der Waals surface area contributed by atoms with E-state index < -0.39 is 11.7 Å². The average Bonchev–Trinajstić information content (AvgIpc) is 3.00. The Morgan fingerprint density at radius 3 is 2.80 bits per heavy atom. The highest BCUT2D eigenvalue weighted by Crippen LogP contribution is 2.46. The number of ether oxygens (including phenoxy) is 1. The van der Waals surface area contributed by atoms with E-state index in [9.17, 15) is 9.50 Å². The van der Waals surface area contributed by atoms with Gasteiger partial charge in [-0.05, 0) is 25.7 Å². The van der Waals surface area contributed by atoms with Gasteiger partial charge in [-0.1, -0.05) is 11.8 Å². The first-order valence-corrected chi connectivity index (χ1v) is 9.52. The number of hydrogen-bond acceptors (Lipinski definition) is 8. The minimum atomic E-state index is -0.766. The minimum absolute atomic E-state index is 0.148. The number of aliphatic imine (C=N–C) groups is 1. The summed E-state index contributed by atoms with van der Waals surface area (Å²) in [5.41, 5.74) is 5.95. The van der Waals surface area contributed by atoms with Crippen LogP contribution in [0.2, 0.25) is 0 Å². The number of thioether (sulfide) groups is 1. The molecule has 0 aromatic carbocycles. The average molecular weight is 367 g/mol. The molecule has 9 heteroatoms. The highest BCUT2D eigenvalue weighted by molar-refractivity contribution is 8.13. The van der Waals surface area contributed by atoms with Gasteiger partial charge < -0.3 is 20.5 Å². The number of amidine groups is 1. The Labute approximate surface area is 149 Å². The molecule has 1 aromatic rings. The fourth-order valence-corrected chi connectivity index (χ4v) is 5.25. The van der Waals surface area contributed by atoms with Crippen LogP contribution in [0.25, 0.3) is 0 Å². The van der Waals surface area contributed by atoms with Gasteiger partial charge in [0.15, 0.2) is 5.17 Å². The van der Waals surface area contributed by atoms with Crippen molar-refractivity contribution in [3.8, 4) is 5.88 Å². The molecule has 0 bridgehead atoms. The summed E-state index contributed by atoms with van der Waals surface area (Å²) in [6, 6.07) is 0. The molecule has 3 N–H and O–H groups in total. The quantitative estimate of drug-likeness (QED) is 0.813. The van der Waals surface area contributed by atoms with E-state index in [4.69, 9.17) is 15.5 Å². The molecule has 2 saturated heterocycles. The second-order valence-electron chi connectivity index (χ2n) is 6.96. The SMILES string of the molecule is Cc1nc(N2C[C@H]3CSC(N)=N[C@@]3(C3CCOCC3)C2)nc(O)c1F. The van der Waals surface area contributed by atoms with Gasteiger partial charge in [0.05, 0.1) is 11.2 Å². The number of hydrogen-bond donors (Lipinski definition) is 2. The van der Waals surface area contributed by atoms with E-state index in [2.05, 4.69) is 9.97 Å². The fraction of sp³-hybridized carbons (Fsp3) is 0.688. The number of rotatable bonds is 2. The van der Waals surface area contributed by atoms with Gasteiger partial charge in [-0.15, -0.1) is 0 Å². The zero-order valence-electron chi connectivity index (χ0n) is 14.1. The van der Waals surface area contributed by atoms with Gasteiger partial charge in [0, 0.05) is 38.0 Å². The first kappa shape index (κ1) is 16.8. The minimum Gasteiger partial charge on any atom is -0.491 e. The first-order chi connectivity index (χ1) is 12.0. The molecule has 1 aromatic heterocycles. The Kier molecular flexibility index (Phi) is 4.23. The van der Waals surface area contributed by atoms with Gasteiger partial charge in [-0.25, -0.2) is 4.98 Å². The Hall–Kier alpha value is -1.61. The summed E-state index contributed by atoms with van der Waals surface area (Å²) in [7, 11) is 0. The van der Waals surface area contributed by atoms with Crippen LogP contribution in [0.15, 0.2) is 4.99 Å². The zero-order valence-corrected chi connectivity index (χ0v) is 14.9. The third kappa shape index (κ3) is 2.83. The van der Waals surface area contributed by atoms with Crippen LogP contribution in [0.5, 0.6) is 5.88 Å². The van der Waals surface area contributed by atoms with E-state index in [1.165, 1.54) is 6.92 Å². The van der Waals surface area contributed by atoms with Gasteiger partial charge in [-0.3, -0.25) is 4.99 Å². The molecule has 25 heavy (non-hydrogen) atoms. The molecule has 136 valence electrons. The number of halogens is 1. The summed E-state index contributed by atoms with van der Waals surface area (Å²) >= 11 is 1.58. The van der Waals surface area contributed by atoms with E-state index >= 15 is 0 Å². The van der Waals surface area contributed by atoms with Crippen LogP contribution in [0.4, 0.5) is 10.3 Å². The number of nitrogens with two attached hydrogens (primary N) is 1. The molecule has 3 aliphatic rings. The number of aryl methyl sites for hydroxylation is 1. The van der Waals surface area contributed by atoms with E-state index in [1.54, 1.807) is 11.8 Å². The van der Waals surface area contributed by atoms with Crippen molar-refractivity contribution >= 4 is 22.9 Å². The van der Waals surface area contributed by atoms with Crippen LogP contribution >= 0.6 is 11.8 Å². The molecule has 0 saturated carbocycles. The number of anilines is 1. The lowest BCUT2D eigenvalue weighted by atomic mass is 9.73. The van der Waals surface area contributed by atoms with Crippen molar-refractivity contribution in [1.29, 1.82) is 0 Å². The maximum Gasteiger partial charge on any atom is 0.253 e. The second kappa shape index (κ2) is 6.28. The van der Waals surface area contributed by atoms with Gasteiger partial charge >= 0.3 is 0 Å². The van der Waals surface area contributed by atoms with Gasteiger partial charge in [-0.2, -0.15) is 9.37 Å². The number of fused-ring (bicyclic) bond motifs is 1. The molecule has 3 aliphatic heterocycles. The van der Waals surface area contributed by atoms with Crippen molar-refractivity contribution in [3.05, 3.63) is 11.5 Å². The van der Waals surface area contributed by atoms with Gasteiger partial charge in [0.1, 0.15) is 0 Å². The van der Waals surface area contributed by atoms with Crippen LogP contribution in [-0.2, 0) is 4.74 Å². The topological polar surface area (TPSA) is 96.9 Å². The van der Waals surface area contributed by atoms with Crippen LogP contribution in [0, 0.1) is 24.6 Å². The third-order valence-electron chi connectivity index (χ3n) is 5.54. The number of aromatic nitrogens is 2. The van der Waals surface area contributed by atoms with Gasteiger partial charge in [0.25, 0.3) is 5.88 Å². The van der Waals surface area contributed by atoms with E-state index in [1.807, 2.05) is 4.90 Å². The molecule has 0 unspecified atom stereocenters. The van der Waals surface area contributed by atoms with Crippen molar-refractivity contribution in [3.63, 3.8) is 0 Å². The molecule has 2 fully saturated rings. The smallest absolute Gasteiger partial charge is 0.253 e. The molecule has 4 heterocycles. The largest absolute Gasteiger partial charge is 0.491 e. The molecular weight excluding hydrogens is 345 g/mol. The molecule has 7 nitrogen and oxygen atoms in total. The summed E-state index contributed by atoms with van der Waals surface area (Å²) in [5, 5.41) is 10.4. The highest BCUT2D eigenvalue weighted by atomic mass is 32.2. The first-order valence-electron chi connectivity index (χ1n) is 8.53. The third-order valence-corrected chi connectivity index (χ3v) is 6.50. The molecule has 0 spiro atoms. The van der Waals surface area contributed by atoms with Gasteiger partial charge in [0.2, 0.25) is 11.8 Å². The van der Waals surface area contributed by atoms with E-state index in [-0.39, 0.29) is 11.2 Å². The normalized spacial score (nSPS) is 30.2. The highest BCUT2D eigenvalue weighted by Gasteiger charge is 2.54. The molecule has 0 aliphatic carbocycles. The lowest BCUT2D eigenvalue weighted by Gasteiger charge is -2.42. The Balaban J connectivity index is 1.68. The van der Waals surface area contributed by atoms with Crippen molar-refractivity contribution in [2.24, 2.45) is 22.6 Å². The van der Waals surface area contributed by atoms with Crippen LogP contribution in [-0.4, -0.2) is 57.8 Å². The predicted molar refractivity (Wildman–Crippen MR) is 94.4 cm³/mol. The van der Waals surface area contributed by atoms with Crippen LogP contribution in [0.3, 0.4) is 0 Å². The molecule has 0 radical (unpaired) electrons. The maximum absolute atomic E-state index is 13.7. The van der Waals surface area contributed by atoms with E-state index in [0.717, 1.165) is 38.4 Å². The lowest BCUT2D eigenvalue weighted by Crippen LogP contribution is -2.50. The summed E-state index contributed by atoms with van der Waals surface area (Å²) in [6.45, 7) is 4.38. The summed E-state index contributed by atoms with van der Waals surface area (Å²) in [4.78, 5) is 15.1. The second-order valence-corrected chi connectivity index (χ2v) is 8.00. The van der Waals surface area contributed by atoms with E-state index in [0.29, 0.717) is 29.5 Å². The summed E-state index contributed by atoms with van der Waals surface area (Å²) in [5.74, 6) is 0.605. The zero-order chi connectivity index (χ0) is 17.6. The molecule has 2 atom stereocenters. The maximum atomic E-state index is 13.7. The number of nitrogens with zero attached hydrogens (tertiary/aromatic N) is 4.